The van der Waals surface area contributed by atoms with Crippen LogP contribution in [0.25, 0.3) is 0 Å². The molecule has 0 aliphatic heterocycles. The largest absolute Gasteiger partial charge is 0.383 e. The monoisotopic (exact) mass is 288 g/mol. The van der Waals surface area contributed by atoms with Crippen LogP contribution in [-0.2, 0) is 0 Å². The van der Waals surface area contributed by atoms with Crippen molar-refractivity contribution in [3.8, 4) is 6.07 Å². The molecule has 9 heteroatoms. The molecule has 0 saturated heterocycles. The summed E-state index contributed by atoms with van der Waals surface area (Å²) in [6.07, 6.45) is 0. The van der Waals surface area contributed by atoms with Crippen LogP contribution < -0.4 is 11.5 Å². The van der Waals surface area contributed by atoms with Crippen molar-refractivity contribution in [3.05, 3.63) is 39.9 Å². The number of nitro benzene ring substituents is 1. The number of benzene rings is 1. The molecule has 0 spiro atoms. The van der Waals surface area contributed by atoms with E-state index < -0.39 is 4.92 Å². The lowest BCUT2D eigenvalue weighted by Crippen LogP contribution is -1.99. The molecule has 1 aromatic heterocycles. The smallest absolute Gasteiger partial charge is 0.287 e. The molecule has 1 heterocycles. The molecule has 0 bridgehead atoms. The second-order valence-electron chi connectivity index (χ2n) is 3.65. The minimum absolute atomic E-state index is 0.0307. The number of aromatic nitrogens is 2. The van der Waals surface area contributed by atoms with Crippen molar-refractivity contribution in [2.45, 2.75) is 10.1 Å². The highest BCUT2D eigenvalue weighted by atomic mass is 32.2. The van der Waals surface area contributed by atoms with Gasteiger partial charge in [0.05, 0.1) is 4.92 Å². The molecule has 2 aromatic rings. The first-order chi connectivity index (χ1) is 9.49. The number of nitrogens with zero attached hydrogens (tertiary/aromatic N) is 4. The minimum Gasteiger partial charge on any atom is -0.383 e. The maximum Gasteiger partial charge on any atom is 0.287 e. The summed E-state index contributed by atoms with van der Waals surface area (Å²) in [6.45, 7) is 0. The molecule has 0 aliphatic carbocycles. The quantitative estimate of drug-likeness (QED) is 0.491. The van der Waals surface area contributed by atoms with Crippen LogP contribution in [0, 0.1) is 21.4 Å². The van der Waals surface area contributed by atoms with Crippen molar-refractivity contribution in [1.82, 2.24) is 9.97 Å². The lowest BCUT2D eigenvalue weighted by Gasteiger charge is -2.03. The van der Waals surface area contributed by atoms with Crippen LogP contribution in [0.15, 0.2) is 34.3 Å². The molecule has 20 heavy (non-hydrogen) atoms. The molecular formula is C11H8N6O2S. The Morgan fingerprint density at radius 2 is 1.90 bits per heavy atom. The molecule has 1 aromatic carbocycles. The second kappa shape index (κ2) is 5.41. The van der Waals surface area contributed by atoms with Crippen LogP contribution in [0.1, 0.15) is 5.56 Å². The van der Waals surface area contributed by atoms with E-state index in [9.17, 15) is 10.1 Å². The van der Waals surface area contributed by atoms with Gasteiger partial charge in [-0.3, -0.25) is 10.1 Å². The molecule has 0 saturated carbocycles. The van der Waals surface area contributed by atoms with E-state index in [0.29, 0.717) is 10.1 Å². The summed E-state index contributed by atoms with van der Waals surface area (Å²) >= 11 is 1.11. The lowest BCUT2D eigenvalue weighted by atomic mass is 10.2. The number of anilines is 2. The Kier molecular flexibility index (Phi) is 3.67. The number of nitrogen functional groups attached to an aromatic ring is 2. The summed E-state index contributed by atoms with van der Waals surface area (Å²) in [5.74, 6) is 0.449. The van der Waals surface area contributed by atoms with E-state index in [2.05, 4.69) is 9.97 Å². The van der Waals surface area contributed by atoms with Crippen LogP contribution in [0.2, 0.25) is 0 Å². The van der Waals surface area contributed by atoms with Crippen molar-refractivity contribution in [3.63, 3.8) is 0 Å². The SMILES string of the molecule is N#Cc1cc(Sc2nc(N)cc(N)n2)ccc1[N+](=O)[O-]. The van der Waals surface area contributed by atoms with Crippen molar-refractivity contribution in [2.75, 3.05) is 11.5 Å². The van der Waals surface area contributed by atoms with Gasteiger partial charge in [0.2, 0.25) is 0 Å². The summed E-state index contributed by atoms with van der Waals surface area (Å²) < 4.78 is 0. The molecular weight excluding hydrogens is 280 g/mol. The third-order valence-electron chi connectivity index (χ3n) is 2.24. The predicted octanol–water partition coefficient (Wildman–Crippen LogP) is 1.57. The van der Waals surface area contributed by atoms with Crippen LogP contribution >= 0.6 is 11.8 Å². The summed E-state index contributed by atoms with van der Waals surface area (Å²) in [5.41, 5.74) is 10.8. The highest BCUT2D eigenvalue weighted by Gasteiger charge is 2.14. The van der Waals surface area contributed by atoms with E-state index in [4.69, 9.17) is 16.7 Å². The van der Waals surface area contributed by atoms with Gasteiger partial charge in [-0.05, 0) is 23.9 Å². The molecule has 0 aliphatic rings. The van der Waals surface area contributed by atoms with E-state index >= 15 is 0 Å². The molecule has 100 valence electrons. The number of hydrogen-bond donors (Lipinski definition) is 2. The first kappa shape index (κ1) is 13.6. The first-order valence-corrected chi connectivity index (χ1v) is 6.07. The highest BCUT2D eigenvalue weighted by molar-refractivity contribution is 7.99. The number of nitro groups is 1. The van der Waals surface area contributed by atoms with Gasteiger partial charge in [-0.2, -0.15) is 5.26 Å². The number of hydrogen-bond acceptors (Lipinski definition) is 8. The molecule has 2 rings (SSSR count). The lowest BCUT2D eigenvalue weighted by molar-refractivity contribution is -0.385. The average Bonchev–Trinajstić information content (AvgIpc) is 2.37. The zero-order valence-corrected chi connectivity index (χ0v) is 10.8. The maximum atomic E-state index is 10.7. The second-order valence-corrected chi connectivity index (χ2v) is 4.69. The van der Waals surface area contributed by atoms with Crippen LogP contribution in [0.4, 0.5) is 17.3 Å². The van der Waals surface area contributed by atoms with Gasteiger partial charge in [0.15, 0.2) is 5.16 Å². The van der Waals surface area contributed by atoms with Crippen molar-refractivity contribution >= 4 is 29.1 Å². The fourth-order valence-electron chi connectivity index (χ4n) is 1.44. The zero-order chi connectivity index (χ0) is 14.7. The topological polar surface area (TPSA) is 145 Å². The molecule has 0 unspecified atom stereocenters. The Hall–Kier alpha value is -2.86. The van der Waals surface area contributed by atoms with Crippen molar-refractivity contribution < 1.29 is 4.92 Å². The average molecular weight is 288 g/mol. The van der Waals surface area contributed by atoms with Crippen LogP contribution in [0.5, 0.6) is 0 Å². The molecule has 0 radical (unpaired) electrons. The third-order valence-corrected chi connectivity index (χ3v) is 3.09. The van der Waals surface area contributed by atoms with Gasteiger partial charge >= 0.3 is 0 Å². The predicted molar refractivity (Wildman–Crippen MR) is 72.8 cm³/mol. The van der Waals surface area contributed by atoms with Crippen molar-refractivity contribution in [1.29, 1.82) is 5.26 Å². The number of nitrogens with two attached hydrogens (primary N) is 2. The Balaban J connectivity index is 2.35. The van der Waals surface area contributed by atoms with Gasteiger partial charge in [0.25, 0.3) is 5.69 Å². The molecule has 8 nitrogen and oxygen atoms in total. The molecule has 0 fully saturated rings. The summed E-state index contributed by atoms with van der Waals surface area (Å²) in [5, 5.41) is 19.9. The fraction of sp³-hybridized carbons (Fsp3) is 0. The van der Waals surface area contributed by atoms with Gasteiger partial charge < -0.3 is 11.5 Å². The van der Waals surface area contributed by atoms with E-state index in [1.165, 1.54) is 24.3 Å². The summed E-state index contributed by atoms with van der Waals surface area (Å²) in [4.78, 5) is 18.7. The van der Waals surface area contributed by atoms with Gasteiger partial charge in [0, 0.05) is 17.0 Å². The minimum atomic E-state index is -0.609. The summed E-state index contributed by atoms with van der Waals surface area (Å²) in [6, 6.07) is 7.36. The zero-order valence-electron chi connectivity index (χ0n) is 9.98. The normalized spacial score (nSPS) is 9.95. The first-order valence-electron chi connectivity index (χ1n) is 5.26. The van der Waals surface area contributed by atoms with E-state index in [1.807, 2.05) is 0 Å². The van der Waals surface area contributed by atoms with Gasteiger partial charge in [-0.25, -0.2) is 9.97 Å². The van der Waals surface area contributed by atoms with E-state index in [-0.39, 0.29) is 22.9 Å². The van der Waals surface area contributed by atoms with Crippen LogP contribution in [-0.4, -0.2) is 14.9 Å². The standard InChI is InChI=1S/C11H8N6O2S/c12-5-6-3-7(1-2-8(6)17(18)19)20-11-15-9(13)4-10(14)16-11/h1-4H,(H4,13,14,15,16). The maximum absolute atomic E-state index is 10.7. The van der Waals surface area contributed by atoms with E-state index in [1.54, 1.807) is 6.07 Å². The Labute approximate surface area is 117 Å². The van der Waals surface area contributed by atoms with E-state index in [0.717, 1.165) is 11.8 Å². The van der Waals surface area contributed by atoms with Gasteiger partial charge in [-0.1, -0.05) is 0 Å². The third kappa shape index (κ3) is 2.93. The number of rotatable bonds is 3. The highest BCUT2D eigenvalue weighted by Crippen LogP contribution is 2.29. The number of nitriles is 1. The van der Waals surface area contributed by atoms with Crippen LogP contribution in [0.3, 0.4) is 0 Å². The summed E-state index contributed by atoms with van der Waals surface area (Å²) in [7, 11) is 0. The fourth-order valence-corrected chi connectivity index (χ4v) is 2.27. The Morgan fingerprint density at radius 3 is 2.45 bits per heavy atom. The molecule has 4 N–H and O–H groups in total. The van der Waals surface area contributed by atoms with Crippen molar-refractivity contribution in [2.24, 2.45) is 0 Å². The van der Waals surface area contributed by atoms with Gasteiger partial charge in [0.1, 0.15) is 23.3 Å². The molecule has 0 atom stereocenters. The molecule has 0 amide bonds. The Morgan fingerprint density at radius 1 is 1.25 bits per heavy atom. The Bertz CT molecular complexity index is 707. The van der Waals surface area contributed by atoms with Gasteiger partial charge in [-0.15, -0.1) is 0 Å².